The third-order valence-electron chi connectivity index (χ3n) is 7.46. The van der Waals surface area contributed by atoms with Crippen molar-refractivity contribution in [3.63, 3.8) is 0 Å². The third kappa shape index (κ3) is 6.37. The Labute approximate surface area is 258 Å². The van der Waals surface area contributed by atoms with Gasteiger partial charge in [-0.05, 0) is 60.7 Å². The van der Waals surface area contributed by atoms with Crippen molar-refractivity contribution in [1.29, 1.82) is 5.26 Å². The van der Waals surface area contributed by atoms with E-state index in [0.717, 1.165) is 18.2 Å². The normalized spacial score (nSPS) is 21.7. The van der Waals surface area contributed by atoms with E-state index in [4.69, 9.17) is 27.9 Å². The van der Waals surface area contributed by atoms with E-state index in [1.807, 2.05) is 20.8 Å². The van der Waals surface area contributed by atoms with E-state index in [9.17, 15) is 19.2 Å². The molecule has 2 N–H and O–H groups in total. The van der Waals surface area contributed by atoms with Crippen LogP contribution in [-0.2, 0) is 14.9 Å². The Morgan fingerprint density at radius 3 is 2.42 bits per heavy atom. The van der Waals surface area contributed by atoms with Crippen LogP contribution in [0.2, 0.25) is 10.0 Å². The highest BCUT2D eigenvalue weighted by Crippen LogP contribution is 2.52. The van der Waals surface area contributed by atoms with E-state index in [0.29, 0.717) is 0 Å². The highest BCUT2D eigenvalue weighted by atomic mass is 35.5. The molecule has 0 aliphatic carbocycles. The van der Waals surface area contributed by atoms with Gasteiger partial charge in [0, 0.05) is 28.2 Å². The van der Waals surface area contributed by atoms with Crippen molar-refractivity contribution in [3.8, 4) is 6.07 Å². The van der Waals surface area contributed by atoms with E-state index in [1.165, 1.54) is 36.4 Å². The van der Waals surface area contributed by atoms with Gasteiger partial charge in [-0.25, -0.2) is 18.0 Å². The minimum absolute atomic E-state index is 0.0143. The van der Waals surface area contributed by atoms with Crippen molar-refractivity contribution < 1.29 is 27.5 Å². The Hall–Kier alpha value is -3.58. The second-order valence-electron chi connectivity index (χ2n) is 11.6. The van der Waals surface area contributed by atoms with Crippen LogP contribution in [0.1, 0.15) is 61.5 Å². The lowest BCUT2D eigenvalue weighted by Crippen LogP contribution is -2.45. The molecule has 1 fully saturated rings. The molecule has 0 unspecified atom stereocenters. The monoisotopic (exact) mass is 631 g/mol. The second-order valence-corrected chi connectivity index (χ2v) is 12.4. The number of rotatable bonds is 7. The van der Waals surface area contributed by atoms with Crippen LogP contribution in [-0.4, -0.2) is 30.6 Å². The molecule has 4 atom stereocenters. The first-order valence-corrected chi connectivity index (χ1v) is 14.3. The van der Waals surface area contributed by atoms with Gasteiger partial charge in [-0.2, -0.15) is 5.26 Å². The van der Waals surface area contributed by atoms with Crippen LogP contribution in [0.3, 0.4) is 0 Å². The molecule has 4 rings (SSSR count). The Morgan fingerprint density at radius 1 is 1.07 bits per heavy atom. The summed E-state index contributed by atoms with van der Waals surface area (Å²) in [6, 6.07) is 11.6. The molecule has 3 aromatic rings. The number of amides is 1. The lowest BCUT2D eigenvalue weighted by Gasteiger charge is -2.37. The number of ether oxygens (including phenoxy) is 1. The van der Waals surface area contributed by atoms with E-state index >= 15 is 8.78 Å². The Balaban J connectivity index is 1.91. The summed E-state index contributed by atoms with van der Waals surface area (Å²) in [7, 11) is 0. The number of halogens is 5. The average molecular weight is 633 g/mol. The second kappa shape index (κ2) is 12.6. The zero-order chi connectivity index (χ0) is 31.7. The molecular weight excluding hydrogens is 602 g/mol. The van der Waals surface area contributed by atoms with Crippen molar-refractivity contribution in [2.75, 3.05) is 11.9 Å². The van der Waals surface area contributed by atoms with Crippen LogP contribution in [0, 0.1) is 34.2 Å². The maximum atomic E-state index is 15.8. The summed E-state index contributed by atoms with van der Waals surface area (Å²) in [6.45, 7) is 7.36. The minimum Gasteiger partial charge on any atom is -0.462 e. The fourth-order valence-electron chi connectivity index (χ4n) is 5.75. The zero-order valence-corrected chi connectivity index (χ0v) is 25.4. The van der Waals surface area contributed by atoms with Crippen LogP contribution in [0.5, 0.6) is 0 Å². The molecule has 0 aromatic heterocycles. The Kier molecular flexibility index (Phi) is 9.45. The van der Waals surface area contributed by atoms with Gasteiger partial charge in [-0.3, -0.25) is 4.79 Å². The van der Waals surface area contributed by atoms with Crippen LogP contribution in [0.25, 0.3) is 0 Å². The number of anilines is 1. The van der Waals surface area contributed by atoms with Gasteiger partial charge in [-0.15, -0.1) is 0 Å². The summed E-state index contributed by atoms with van der Waals surface area (Å²) in [6.07, 6.45) is 0.286. The lowest BCUT2D eigenvalue weighted by molar-refractivity contribution is -0.118. The number of nitrogens with zero attached hydrogens (tertiary/aromatic N) is 1. The summed E-state index contributed by atoms with van der Waals surface area (Å²) >= 11 is 12.2. The van der Waals surface area contributed by atoms with Gasteiger partial charge < -0.3 is 15.4 Å². The topological polar surface area (TPSA) is 91.2 Å². The maximum absolute atomic E-state index is 15.8. The SMILES string of the molecule is CCOC(=O)c1cc(NC(=O)[C@@H]2N[C@@H](CC(C)(C)C)[C@](C#N)(c3ccc(Cl)cc3F)[C@H]2c2cccc(Cl)c2F)ccc1F. The van der Waals surface area contributed by atoms with Crippen LogP contribution >= 0.6 is 23.2 Å². The summed E-state index contributed by atoms with van der Waals surface area (Å²) in [5, 5.41) is 16.6. The summed E-state index contributed by atoms with van der Waals surface area (Å²) in [5.41, 5.74) is -2.70. The quantitative estimate of drug-likeness (QED) is 0.263. The number of carbonyl (C=O) groups is 2. The summed E-state index contributed by atoms with van der Waals surface area (Å²) in [5.74, 6) is -5.42. The summed E-state index contributed by atoms with van der Waals surface area (Å²) in [4.78, 5) is 26.3. The van der Waals surface area contributed by atoms with Gasteiger partial charge in [-0.1, -0.05) is 62.2 Å². The first kappa shape index (κ1) is 32.3. The molecule has 226 valence electrons. The highest BCUT2D eigenvalue weighted by molar-refractivity contribution is 6.31. The number of carbonyl (C=O) groups excluding carboxylic acids is 2. The average Bonchev–Trinajstić information content (AvgIpc) is 3.24. The van der Waals surface area contributed by atoms with Crippen molar-refractivity contribution in [3.05, 3.63) is 98.8 Å². The van der Waals surface area contributed by atoms with E-state index in [2.05, 4.69) is 16.7 Å². The predicted molar refractivity (Wildman–Crippen MR) is 159 cm³/mol. The van der Waals surface area contributed by atoms with Crippen molar-refractivity contribution in [1.82, 2.24) is 5.32 Å². The molecule has 11 heteroatoms. The van der Waals surface area contributed by atoms with Crippen molar-refractivity contribution in [2.24, 2.45) is 5.41 Å². The number of esters is 1. The fraction of sp³-hybridized carbons (Fsp3) is 0.344. The van der Waals surface area contributed by atoms with Gasteiger partial charge >= 0.3 is 5.97 Å². The first-order chi connectivity index (χ1) is 20.2. The molecule has 43 heavy (non-hydrogen) atoms. The number of benzene rings is 3. The Bertz CT molecular complexity index is 1600. The highest BCUT2D eigenvalue weighted by Gasteiger charge is 2.61. The van der Waals surface area contributed by atoms with Gasteiger partial charge in [0.2, 0.25) is 5.91 Å². The molecule has 1 aliphatic rings. The maximum Gasteiger partial charge on any atom is 0.341 e. The molecule has 0 spiro atoms. The number of hydrogen-bond acceptors (Lipinski definition) is 5. The molecule has 0 radical (unpaired) electrons. The standard InChI is InChI=1S/C32H30Cl2F3N3O3/c1-5-43-30(42)20-14-18(10-12-23(20)35)39-29(41)28-26(19-7-6-8-22(34)27(19)37)32(16-38,25(40-28)15-31(2,3)4)21-11-9-17(33)13-24(21)36/h6-14,25-26,28,40H,5,15H2,1-4H3,(H,39,41)/t25-,26-,28+,32-/m0/s1. The van der Waals surface area contributed by atoms with Crippen LogP contribution in [0.4, 0.5) is 18.9 Å². The zero-order valence-electron chi connectivity index (χ0n) is 23.9. The Morgan fingerprint density at radius 2 is 1.79 bits per heavy atom. The molecule has 3 aromatic carbocycles. The molecule has 6 nitrogen and oxygen atoms in total. The third-order valence-corrected chi connectivity index (χ3v) is 7.99. The largest absolute Gasteiger partial charge is 0.462 e. The van der Waals surface area contributed by atoms with Crippen LogP contribution in [0.15, 0.2) is 54.6 Å². The molecule has 1 amide bonds. The molecule has 0 bridgehead atoms. The predicted octanol–water partition coefficient (Wildman–Crippen LogP) is 7.55. The van der Waals surface area contributed by atoms with E-state index in [-0.39, 0.29) is 39.9 Å². The molecular formula is C32H30Cl2F3N3O3. The van der Waals surface area contributed by atoms with Crippen molar-refractivity contribution in [2.45, 2.75) is 57.5 Å². The number of nitriles is 1. The molecule has 1 heterocycles. The van der Waals surface area contributed by atoms with Gasteiger partial charge in [0.15, 0.2) is 0 Å². The number of hydrogen-bond donors (Lipinski definition) is 2. The summed E-state index contributed by atoms with van der Waals surface area (Å²) < 4.78 is 50.8. The molecule has 1 aliphatic heterocycles. The van der Waals surface area contributed by atoms with E-state index in [1.54, 1.807) is 6.92 Å². The minimum atomic E-state index is -1.81. The smallest absolute Gasteiger partial charge is 0.341 e. The number of nitrogens with one attached hydrogen (secondary N) is 2. The van der Waals surface area contributed by atoms with Crippen molar-refractivity contribution >= 4 is 40.8 Å². The van der Waals surface area contributed by atoms with Crippen LogP contribution < -0.4 is 10.6 Å². The van der Waals surface area contributed by atoms with Gasteiger partial charge in [0.05, 0.1) is 29.3 Å². The first-order valence-electron chi connectivity index (χ1n) is 13.6. The van der Waals surface area contributed by atoms with Gasteiger partial charge in [0.1, 0.15) is 22.9 Å². The molecule has 0 saturated carbocycles. The molecule has 1 saturated heterocycles. The fourth-order valence-corrected chi connectivity index (χ4v) is 6.09. The lowest BCUT2D eigenvalue weighted by atomic mass is 9.62. The van der Waals surface area contributed by atoms with E-state index < -0.39 is 63.7 Å². The van der Waals surface area contributed by atoms with Gasteiger partial charge in [0.25, 0.3) is 0 Å².